The Morgan fingerprint density at radius 1 is 1.00 bits per heavy atom. The van der Waals surface area contributed by atoms with Crippen LogP contribution in [0.5, 0.6) is 0 Å². The Bertz CT molecular complexity index is 341. The van der Waals surface area contributed by atoms with Crippen LogP contribution in [-0.4, -0.2) is 5.78 Å². The van der Waals surface area contributed by atoms with Gasteiger partial charge in [-0.15, -0.1) is 0 Å². The van der Waals surface area contributed by atoms with Gasteiger partial charge in [0.15, 0.2) is 0 Å². The number of ketones is 1. The van der Waals surface area contributed by atoms with Crippen molar-refractivity contribution in [2.45, 2.75) is 99.8 Å². The predicted octanol–water partition coefficient (Wildman–Crippen LogP) is 6.90. The minimum atomic E-state index is 0.0818. The highest BCUT2D eigenvalue weighted by atomic mass is 16.1. The highest BCUT2D eigenvalue weighted by molar-refractivity contribution is 5.82. The zero-order chi connectivity index (χ0) is 17.6. The van der Waals surface area contributed by atoms with Crippen LogP contribution in [0.1, 0.15) is 99.8 Å². The van der Waals surface area contributed by atoms with Crippen molar-refractivity contribution in [1.29, 1.82) is 0 Å². The van der Waals surface area contributed by atoms with E-state index in [9.17, 15) is 4.79 Å². The van der Waals surface area contributed by atoms with Crippen LogP contribution in [-0.2, 0) is 4.79 Å². The summed E-state index contributed by atoms with van der Waals surface area (Å²) < 4.78 is 0. The summed E-state index contributed by atoms with van der Waals surface area (Å²) in [5, 5.41) is 0. The SMILES string of the molecule is CC(C)C[C@@H](CC(=O)[C@@H](C(C)C)C(C)(C)C)CC1CCCCC1. The van der Waals surface area contributed by atoms with Gasteiger partial charge in [-0.2, -0.15) is 0 Å². The summed E-state index contributed by atoms with van der Waals surface area (Å²) in [5.74, 6) is 3.35. The van der Waals surface area contributed by atoms with Crippen molar-refractivity contribution in [3.8, 4) is 0 Å². The number of hydrogen-bond acceptors (Lipinski definition) is 1. The molecule has 1 nitrogen and oxygen atoms in total. The second kappa shape index (κ2) is 9.23. The van der Waals surface area contributed by atoms with Gasteiger partial charge in [-0.25, -0.2) is 0 Å². The van der Waals surface area contributed by atoms with E-state index in [2.05, 4.69) is 48.5 Å². The molecular formula is C22H42O. The van der Waals surface area contributed by atoms with Crippen LogP contribution in [0.25, 0.3) is 0 Å². The van der Waals surface area contributed by atoms with Gasteiger partial charge >= 0.3 is 0 Å². The van der Waals surface area contributed by atoms with Gasteiger partial charge in [-0.3, -0.25) is 4.79 Å². The summed E-state index contributed by atoms with van der Waals surface area (Å²) in [6.45, 7) is 15.7. The second-order valence-corrected chi connectivity index (χ2v) is 9.99. The van der Waals surface area contributed by atoms with Crippen LogP contribution >= 0.6 is 0 Å². The van der Waals surface area contributed by atoms with Gasteiger partial charge in [0.2, 0.25) is 0 Å². The van der Waals surface area contributed by atoms with Crippen LogP contribution in [0.2, 0.25) is 0 Å². The monoisotopic (exact) mass is 322 g/mol. The van der Waals surface area contributed by atoms with E-state index in [1.165, 1.54) is 44.9 Å². The number of rotatable bonds is 8. The first-order valence-corrected chi connectivity index (χ1v) is 10.1. The van der Waals surface area contributed by atoms with Gasteiger partial charge in [0.05, 0.1) is 0 Å². The minimum absolute atomic E-state index is 0.0818. The molecule has 0 unspecified atom stereocenters. The molecule has 1 aliphatic rings. The summed E-state index contributed by atoms with van der Waals surface area (Å²) in [5.41, 5.74) is 0.0818. The van der Waals surface area contributed by atoms with E-state index in [1.54, 1.807) is 0 Å². The fourth-order valence-electron chi connectivity index (χ4n) is 5.09. The van der Waals surface area contributed by atoms with Gasteiger partial charge < -0.3 is 0 Å². The lowest BCUT2D eigenvalue weighted by atomic mass is 9.69. The largest absolute Gasteiger partial charge is 0.299 e. The molecule has 0 saturated heterocycles. The summed E-state index contributed by atoms with van der Waals surface area (Å²) >= 11 is 0. The molecule has 0 aromatic heterocycles. The molecule has 0 spiro atoms. The van der Waals surface area contributed by atoms with E-state index in [4.69, 9.17) is 0 Å². The minimum Gasteiger partial charge on any atom is -0.299 e. The molecule has 0 amide bonds. The number of hydrogen-bond donors (Lipinski definition) is 0. The Morgan fingerprint density at radius 3 is 2.00 bits per heavy atom. The lowest BCUT2D eigenvalue weighted by Gasteiger charge is -2.35. The van der Waals surface area contributed by atoms with Crippen LogP contribution in [0.4, 0.5) is 0 Å². The van der Waals surface area contributed by atoms with Crippen LogP contribution in [0, 0.1) is 35.0 Å². The molecule has 0 bridgehead atoms. The molecule has 1 aliphatic carbocycles. The van der Waals surface area contributed by atoms with E-state index >= 15 is 0 Å². The maximum absolute atomic E-state index is 13.1. The van der Waals surface area contributed by atoms with Crippen LogP contribution in [0.3, 0.4) is 0 Å². The van der Waals surface area contributed by atoms with Gasteiger partial charge in [-0.1, -0.05) is 80.6 Å². The lowest BCUT2D eigenvalue weighted by molar-refractivity contribution is -0.129. The van der Waals surface area contributed by atoms with E-state index in [0.717, 1.165) is 12.3 Å². The topological polar surface area (TPSA) is 17.1 Å². The van der Waals surface area contributed by atoms with Crippen molar-refractivity contribution >= 4 is 5.78 Å². The fourth-order valence-corrected chi connectivity index (χ4v) is 5.09. The highest BCUT2D eigenvalue weighted by Crippen LogP contribution is 2.37. The second-order valence-electron chi connectivity index (χ2n) is 9.99. The average molecular weight is 323 g/mol. The molecule has 2 atom stereocenters. The van der Waals surface area contributed by atoms with E-state index in [-0.39, 0.29) is 11.3 Å². The molecule has 0 heterocycles. The third-order valence-electron chi connectivity index (χ3n) is 5.63. The van der Waals surface area contributed by atoms with Crippen LogP contribution < -0.4 is 0 Å². The van der Waals surface area contributed by atoms with Gasteiger partial charge in [0.1, 0.15) is 5.78 Å². The molecule has 1 saturated carbocycles. The standard InChI is InChI=1S/C22H42O/c1-16(2)13-19(14-18-11-9-8-10-12-18)15-20(23)21(17(3)4)22(5,6)7/h16-19,21H,8-15H2,1-7H3/t19-,21-/m1/s1. The summed E-state index contributed by atoms with van der Waals surface area (Å²) in [4.78, 5) is 13.1. The fraction of sp³-hybridized carbons (Fsp3) is 0.955. The first-order valence-electron chi connectivity index (χ1n) is 10.1. The molecule has 136 valence electrons. The Labute approximate surface area is 146 Å². The van der Waals surface area contributed by atoms with E-state index in [1.807, 2.05) is 0 Å². The van der Waals surface area contributed by atoms with Crippen molar-refractivity contribution in [1.82, 2.24) is 0 Å². The molecule has 0 aromatic rings. The van der Waals surface area contributed by atoms with Crippen molar-refractivity contribution in [3.63, 3.8) is 0 Å². The quantitative estimate of drug-likeness (QED) is 0.475. The van der Waals surface area contributed by atoms with Gasteiger partial charge in [-0.05, 0) is 41.9 Å². The number of Topliss-reactive ketones (excluding diaryl/α,β-unsaturated/α-hetero) is 1. The number of carbonyl (C=O) groups excluding carboxylic acids is 1. The molecule has 0 aromatic carbocycles. The molecule has 0 N–H and O–H groups in total. The Hall–Kier alpha value is -0.330. The summed E-state index contributed by atoms with van der Waals surface area (Å²) in [6, 6.07) is 0. The Morgan fingerprint density at radius 2 is 1.57 bits per heavy atom. The first kappa shape index (κ1) is 20.7. The van der Waals surface area contributed by atoms with Crippen LogP contribution in [0.15, 0.2) is 0 Å². The van der Waals surface area contributed by atoms with Crippen molar-refractivity contribution < 1.29 is 4.79 Å². The maximum Gasteiger partial charge on any atom is 0.137 e. The van der Waals surface area contributed by atoms with E-state index in [0.29, 0.717) is 23.5 Å². The first-order chi connectivity index (χ1) is 10.6. The third kappa shape index (κ3) is 7.40. The maximum atomic E-state index is 13.1. The molecule has 1 fully saturated rings. The number of carbonyl (C=O) groups is 1. The molecule has 1 heteroatoms. The average Bonchev–Trinajstić information content (AvgIpc) is 2.36. The normalized spacial score (nSPS) is 20.0. The predicted molar refractivity (Wildman–Crippen MR) is 102 cm³/mol. The molecular weight excluding hydrogens is 280 g/mol. The highest BCUT2D eigenvalue weighted by Gasteiger charge is 2.35. The van der Waals surface area contributed by atoms with E-state index < -0.39 is 0 Å². The molecule has 1 rings (SSSR count). The zero-order valence-corrected chi connectivity index (χ0v) is 17.0. The Balaban J connectivity index is 2.72. The molecule has 23 heavy (non-hydrogen) atoms. The third-order valence-corrected chi connectivity index (χ3v) is 5.63. The van der Waals surface area contributed by atoms with Crippen molar-refractivity contribution in [2.75, 3.05) is 0 Å². The van der Waals surface area contributed by atoms with Crippen molar-refractivity contribution in [3.05, 3.63) is 0 Å². The van der Waals surface area contributed by atoms with Crippen molar-refractivity contribution in [2.24, 2.45) is 35.0 Å². The van der Waals surface area contributed by atoms with Gasteiger partial charge in [0.25, 0.3) is 0 Å². The Kier molecular flexibility index (Phi) is 8.31. The van der Waals surface area contributed by atoms with Gasteiger partial charge in [0, 0.05) is 12.3 Å². The zero-order valence-electron chi connectivity index (χ0n) is 17.0. The summed E-state index contributed by atoms with van der Waals surface area (Å²) in [6.07, 6.45) is 10.4. The lowest BCUT2D eigenvalue weighted by Crippen LogP contribution is -2.34. The summed E-state index contributed by atoms with van der Waals surface area (Å²) in [7, 11) is 0. The molecule has 0 radical (unpaired) electrons. The smallest absolute Gasteiger partial charge is 0.137 e. The molecule has 0 aliphatic heterocycles.